The number of methoxy groups -OCH3 is 2. The summed E-state index contributed by atoms with van der Waals surface area (Å²) < 4.78 is 11.5. The molecule has 0 bridgehead atoms. The fraction of sp³-hybridized carbons (Fsp3) is 0.333. The summed E-state index contributed by atoms with van der Waals surface area (Å²) in [6, 6.07) is 11.2. The lowest BCUT2D eigenvalue weighted by molar-refractivity contribution is 0.190. The highest BCUT2D eigenvalue weighted by Gasteiger charge is 2.11. The third-order valence-corrected chi connectivity index (χ3v) is 4.93. The van der Waals surface area contributed by atoms with Crippen molar-refractivity contribution in [3.63, 3.8) is 0 Å². The maximum Gasteiger partial charge on any atom is 0.180 e. The lowest BCUT2D eigenvalue weighted by Crippen LogP contribution is -2.30. The van der Waals surface area contributed by atoms with E-state index < -0.39 is 0 Å². The van der Waals surface area contributed by atoms with Crippen molar-refractivity contribution in [3.8, 4) is 10.6 Å². The molecule has 5 nitrogen and oxygen atoms in total. The predicted molar refractivity (Wildman–Crippen MR) is 98.5 cm³/mol. The summed E-state index contributed by atoms with van der Waals surface area (Å²) >= 11 is 1.59. The van der Waals surface area contributed by atoms with Crippen LogP contribution in [-0.4, -0.2) is 45.5 Å². The molecule has 3 rings (SSSR count). The van der Waals surface area contributed by atoms with Crippen LogP contribution in [0, 0.1) is 0 Å². The molecule has 0 unspecified atom stereocenters. The average molecular weight is 344 g/mol. The second kappa shape index (κ2) is 7.70. The number of nitrogens with zero attached hydrogens (tertiary/aromatic N) is 2. The van der Waals surface area contributed by atoms with Gasteiger partial charge >= 0.3 is 0 Å². The zero-order valence-corrected chi connectivity index (χ0v) is 14.6. The van der Waals surface area contributed by atoms with E-state index in [9.17, 15) is 4.79 Å². The van der Waals surface area contributed by atoms with Crippen molar-refractivity contribution < 1.29 is 9.47 Å². The van der Waals surface area contributed by atoms with E-state index >= 15 is 0 Å². The SMILES string of the molecule is COCCN(CCOC)c1ccc2nc3ccc(=O)cc-3sc2c1. The molecule has 6 heteroatoms. The molecule has 1 aliphatic carbocycles. The summed E-state index contributed by atoms with van der Waals surface area (Å²) in [5, 5.41) is 0. The Bertz CT molecular complexity index is 841. The van der Waals surface area contributed by atoms with Crippen molar-refractivity contribution >= 4 is 27.2 Å². The zero-order valence-electron chi connectivity index (χ0n) is 13.8. The smallest absolute Gasteiger partial charge is 0.180 e. The van der Waals surface area contributed by atoms with E-state index in [4.69, 9.17) is 9.47 Å². The predicted octanol–water partition coefficient (Wildman–Crippen LogP) is 2.86. The van der Waals surface area contributed by atoms with Crippen LogP contribution < -0.4 is 10.3 Å². The topological polar surface area (TPSA) is 51.7 Å². The Morgan fingerprint density at radius 3 is 2.50 bits per heavy atom. The van der Waals surface area contributed by atoms with E-state index in [1.165, 1.54) is 0 Å². The minimum atomic E-state index is 0.0119. The van der Waals surface area contributed by atoms with Crippen LogP contribution >= 0.6 is 11.3 Å². The summed E-state index contributed by atoms with van der Waals surface area (Å²) in [7, 11) is 3.40. The lowest BCUT2D eigenvalue weighted by Gasteiger charge is -2.24. The van der Waals surface area contributed by atoms with Gasteiger partial charge in [-0.25, -0.2) is 4.98 Å². The number of hydrogen-bond acceptors (Lipinski definition) is 6. The van der Waals surface area contributed by atoms with Crippen LogP contribution in [0.3, 0.4) is 0 Å². The zero-order chi connectivity index (χ0) is 16.9. The summed E-state index contributed by atoms with van der Waals surface area (Å²) in [6.07, 6.45) is 0. The molecule has 126 valence electrons. The number of rotatable bonds is 7. The van der Waals surface area contributed by atoms with Crippen LogP contribution in [0.1, 0.15) is 0 Å². The fourth-order valence-corrected chi connectivity index (χ4v) is 3.59. The molecule has 2 aliphatic rings. The van der Waals surface area contributed by atoms with Gasteiger partial charge in [-0.15, -0.1) is 11.3 Å². The molecule has 1 aliphatic heterocycles. The van der Waals surface area contributed by atoms with Crippen LogP contribution in [0.4, 0.5) is 5.69 Å². The second-order valence-corrected chi connectivity index (χ2v) is 6.55. The third-order valence-electron chi connectivity index (χ3n) is 3.83. The molecule has 1 aromatic carbocycles. The first-order chi connectivity index (χ1) is 11.7. The van der Waals surface area contributed by atoms with Gasteiger partial charge in [0.2, 0.25) is 0 Å². The molecule has 0 radical (unpaired) electrons. The molecule has 0 aromatic heterocycles. The molecule has 24 heavy (non-hydrogen) atoms. The highest BCUT2D eigenvalue weighted by atomic mass is 32.1. The molecular formula is C18H20N2O3S. The van der Waals surface area contributed by atoms with Gasteiger partial charge in [0, 0.05) is 39.1 Å². The first kappa shape index (κ1) is 16.8. The molecule has 0 N–H and O–H groups in total. The maximum absolute atomic E-state index is 11.6. The molecule has 0 saturated carbocycles. The Labute approximate surface area is 144 Å². The molecule has 0 fully saturated rings. The average Bonchev–Trinajstić information content (AvgIpc) is 2.59. The van der Waals surface area contributed by atoms with Crippen molar-refractivity contribution in [2.75, 3.05) is 45.4 Å². The van der Waals surface area contributed by atoms with Crippen molar-refractivity contribution in [1.82, 2.24) is 4.98 Å². The van der Waals surface area contributed by atoms with Gasteiger partial charge in [-0.1, -0.05) is 0 Å². The van der Waals surface area contributed by atoms with Gasteiger partial charge in [-0.05, 0) is 30.3 Å². The maximum atomic E-state index is 11.6. The van der Waals surface area contributed by atoms with Crippen LogP contribution in [0.25, 0.3) is 20.8 Å². The largest absolute Gasteiger partial charge is 0.383 e. The Balaban J connectivity index is 2.00. The normalized spacial score (nSPS) is 11.2. The van der Waals surface area contributed by atoms with Crippen LogP contribution in [0.5, 0.6) is 0 Å². The van der Waals surface area contributed by atoms with Crippen molar-refractivity contribution in [1.29, 1.82) is 0 Å². The fourth-order valence-electron chi connectivity index (χ4n) is 2.56. The van der Waals surface area contributed by atoms with Crippen molar-refractivity contribution in [2.45, 2.75) is 0 Å². The molecule has 0 spiro atoms. The van der Waals surface area contributed by atoms with E-state index in [1.807, 2.05) is 6.07 Å². The van der Waals surface area contributed by atoms with Gasteiger partial charge < -0.3 is 14.4 Å². The molecule has 1 heterocycles. The van der Waals surface area contributed by atoms with Crippen LogP contribution in [0.15, 0.2) is 41.2 Å². The van der Waals surface area contributed by atoms with Gasteiger partial charge in [-0.3, -0.25) is 4.79 Å². The number of fused-ring (bicyclic) bond motifs is 2. The quantitative estimate of drug-likeness (QED) is 0.617. The highest BCUT2D eigenvalue weighted by molar-refractivity contribution is 7.21. The minimum absolute atomic E-state index is 0.0119. The Morgan fingerprint density at radius 2 is 1.79 bits per heavy atom. The minimum Gasteiger partial charge on any atom is -0.383 e. The van der Waals surface area contributed by atoms with Crippen molar-refractivity contribution in [2.24, 2.45) is 0 Å². The molecule has 1 aromatic rings. The number of anilines is 1. The Kier molecular flexibility index (Phi) is 5.40. The van der Waals surface area contributed by atoms with E-state index in [-0.39, 0.29) is 5.43 Å². The monoisotopic (exact) mass is 344 g/mol. The summed E-state index contributed by atoms with van der Waals surface area (Å²) in [6.45, 7) is 2.89. The summed E-state index contributed by atoms with van der Waals surface area (Å²) in [4.78, 5) is 19.4. The number of hydrogen-bond donors (Lipinski definition) is 0. The molecular weight excluding hydrogens is 324 g/mol. The third kappa shape index (κ3) is 3.72. The van der Waals surface area contributed by atoms with Gasteiger partial charge in [0.05, 0.1) is 34.0 Å². The van der Waals surface area contributed by atoms with E-state index in [0.717, 1.165) is 39.6 Å². The first-order valence-electron chi connectivity index (χ1n) is 7.79. The van der Waals surface area contributed by atoms with Gasteiger partial charge in [-0.2, -0.15) is 0 Å². The summed E-state index contributed by atoms with van der Waals surface area (Å²) in [5.74, 6) is 0. The van der Waals surface area contributed by atoms with Crippen LogP contribution in [0.2, 0.25) is 0 Å². The van der Waals surface area contributed by atoms with Gasteiger partial charge in [0.1, 0.15) is 0 Å². The Hall–Kier alpha value is -2.02. The van der Waals surface area contributed by atoms with Gasteiger partial charge in [0.15, 0.2) is 5.43 Å². The highest BCUT2D eigenvalue weighted by Crippen LogP contribution is 2.31. The number of aromatic nitrogens is 1. The molecule has 0 atom stereocenters. The van der Waals surface area contributed by atoms with Crippen molar-refractivity contribution in [3.05, 3.63) is 46.6 Å². The van der Waals surface area contributed by atoms with Crippen LogP contribution in [-0.2, 0) is 9.47 Å². The first-order valence-corrected chi connectivity index (χ1v) is 8.60. The van der Waals surface area contributed by atoms with E-state index in [1.54, 1.807) is 43.8 Å². The Morgan fingerprint density at radius 1 is 1.04 bits per heavy atom. The standard InChI is InChI=1S/C18H20N2O3S/c1-22-9-7-20(8-10-23-2)13-3-5-15-17(11-13)24-18-12-14(21)4-6-16(18)19-15/h3-6,11-12H,7-10H2,1-2H3. The number of benzene rings is 2. The van der Waals surface area contributed by atoms with Gasteiger partial charge in [0.25, 0.3) is 0 Å². The molecule has 0 saturated heterocycles. The lowest BCUT2D eigenvalue weighted by atomic mass is 10.2. The molecule has 0 amide bonds. The van der Waals surface area contributed by atoms with E-state index in [0.29, 0.717) is 13.2 Å². The number of ether oxygens (including phenoxy) is 2. The van der Waals surface area contributed by atoms with E-state index in [2.05, 4.69) is 22.0 Å². The second-order valence-electron chi connectivity index (χ2n) is 5.47. The summed E-state index contributed by atoms with van der Waals surface area (Å²) in [5.41, 5.74) is 2.91.